The molecule has 0 spiro atoms. The third-order valence-electron chi connectivity index (χ3n) is 4.50. The molecule has 0 bridgehead atoms. The van der Waals surface area contributed by atoms with Gasteiger partial charge in [-0.2, -0.15) is 0 Å². The first-order chi connectivity index (χ1) is 14.0. The van der Waals surface area contributed by atoms with E-state index in [9.17, 15) is 19.7 Å². The second kappa shape index (κ2) is 11.6. The van der Waals surface area contributed by atoms with Crippen LogP contribution >= 0.6 is 0 Å². The maximum absolute atomic E-state index is 12.5. The highest BCUT2D eigenvalue weighted by molar-refractivity contribution is 5.98. The van der Waals surface area contributed by atoms with Crippen LogP contribution < -0.4 is 5.32 Å². The van der Waals surface area contributed by atoms with Gasteiger partial charge in [-0.25, -0.2) is 4.79 Å². The zero-order valence-corrected chi connectivity index (χ0v) is 16.5. The number of nitrogens with one attached hydrogen (secondary N) is 1. The number of ether oxygens (including phenoxy) is 1. The Morgan fingerprint density at radius 2 is 1.72 bits per heavy atom. The van der Waals surface area contributed by atoms with E-state index in [2.05, 4.69) is 12.2 Å². The molecule has 0 aliphatic carbocycles. The Labute approximate surface area is 170 Å². The first-order valence-electron chi connectivity index (χ1n) is 9.80. The van der Waals surface area contributed by atoms with Crippen molar-refractivity contribution in [3.63, 3.8) is 0 Å². The fourth-order valence-electron chi connectivity index (χ4n) is 2.92. The molecule has 0 radical (unpaired) electrons. The van der Waals surface area contributed by atoms with Crippen LogP contribution in [0.1, 0.15) is 59.7 Å². The van der Waals surface area contributed by atoms with Gasteiger partial charge in [-0.05, 0) is 31.0 Å². The molecule has 154 valence electrons. The molecule has 1 amide bonds. The van der Waals surface area contributed by atoms with E-state index in [1.54, 1.807) is 30.3 Å². The second-order valence-corrected chi connectivity index (χ2v) is 6.73. The van der Waals surface area contributed by atoms with E-state index < -0.39 is 22.9 Å². The van der Waals surface area contributed by atoms with Crippen LogP contribution in [-0.2, 0) is 4.74 Å². The minimum absolute atomic E-state index is 0.0170. The number of para-hydroxylation sites is 1. The van der Waals surface area contributed by atoms with Gasteiger partial charge in [0.25, 0.3) is 11.6 Å². The number of nitro groups is 1. The van der Waals surface area contributed by atoms with E-state index in [0.717, 1.165) is 25.7 Å². The van der Waals surface area contributed by atoms with Crippen LogP contribution in [0.3, 0.4) is 0 Å². The topological polar surface area (TPSA) is 98.5 Å². The quantitative estimate of drug-likeness (QED) is 0.260. The van der Waals surface area contributed by atoms with Gasteiger partial charge in [0.1, 0.15) is 11.7 Å². The fraction of sp³-hybridized carbons (Fsp3) is 0.364. The molecule has 0 aromatic heterocycles. The number of amides is 1. The summed E-state index contributed by atoms with van der Waals surface area (Å²) in [5.41, 5.74) is 0.165. The third kappa shape index (κ3) is 7.03. The summed E-state index contributed by atoms with van der Waals surface area (Å²) in [7, 11) is 0. The lowest BCUT2D eigenvalue weighted by Crippen LogP contribution is -2.35. The molecule has 1 atom stereocenters. The van der Waals surface area contributed by atoms with Gasteiger partial charge in [0.05, 0.1) is 17.0 Å². The summed E-state index contributed by atoms with van der Waals surface area (Å²) in [6.45, 7) is 2.20. The zero-order valence-electron chi connectivity index (χ0n) is 16.5. The first-order valence-corrected chi connectivity index (χ1v) is 9.80. The van der Waals surface area contributed by atoms with E-state index in [1.807, 2.05) is 6.07 Å². The monoisotopic (exact) mass is 398 g/mol. The number of nitrogens with zero attached hydrogens (tertiary/aromatic N) is 1. The molecular weight excluding hydrogens is 372 g/mol. The first kappa shape index (κ1) is 22.1. The van der Waals surface area contributed by atoms with Crippen molar-refractivity contribution in [2.45, 2.75) is 45.1 Å². The van der Waals surface area contributed by atoms with Crippen molar-refractivity contribution in [3.05, 3.63) is 75.8 Å². The number of hydrogen-bond donors (Lipinski definition) is 1. The number of rotatable bonds is 11. The Morgan fingerprint density at radius 3 is 2.41 bits per heavy atom. The fourth-order valence-corrected chi connectivity index (χ4v) is 2.92. The summed E-state index contributed by atoms with van der Waals surface area (Å²) in [6.07, 6.45) is 4.14. The smallest absolute Gasteiger partial charge is 0.338 e. The van der Waals surface area contributed by atoms with E-state index >= 15 is 0 Å². The van der Waals surface area contributed by atoms with Gasteiger partial charge in [-0.15, -0.1) is 0 Å². The van der Waals surface area contributed by atoms with E-state index in [1.165, 1.54) is 18.2 Å². The van der Waals surface area contributed by atoms with Crippen LogP contribution in [0.15, 0.2) is 54.6 Å². The molecule has 0 aliphatic rings. The van der Waals surface area contributed by atoms with Gasteiger partial charge in [0.15, 0.2) is 0 Å². The number of carbonyl (C=O) groups excluding carboxylic acids is 2. The highest BCUT2D eigenvalue weighted by Gasteiger charge is 2.21. The molecule has 2 aromatic carbocycles. The Hall–Kier alpha value is -3.22. The summed E-state index contributed by atoms with van der Waals surface area (Å²) in [5, 5.41) is 13.8. The lowest BCUT2D eigenvalue weighted by Gasteiger charge is -2.19. The highest BCUT2D eigenvalue weighted by atomic mass is 16.6. The molecule has 0 saturated carbocycles. The van der Waals surface area contributed by atoms with Gasteiger partial charge in [0, 0.05) is 6.07 Å². The summed E-state index contributed by atoms with van der Waals surface area (Å²) in [6, 6.07) is 14.4. The molecule has 29 heavy (non-hydrogen) atoms. The van der Waals surface area contributed by atoms with Crippen molar-refractivity contribution in [2.75, 3.05) is 6.54 Å². The van der Waals surface area contributed by atoms with Crippen molar-refractivity contribution in [3.8, 4) is 0 Å². The SMILES string of the molecule is CCCCCC[C@@H](CNC(=O)c1ccccc1[N+](=O)[O-])OC(=O)c1ccccc1. The second-order valence-electron chi connectivity index (χ2n) is 6.73. The molecule has 1 N–H and O–H groups in total. The maximum atomic E-state index is 12.5. The zero-order chi connectivity index (χ0) is 21.1. The molecule has 2 aromatic rings. The van der Waals surface area contributed by atoms with Crippen LogP contribution in [0.25, 0.3) is 0 Å². The predicted octanol–water partition coefficient (Wildman–Crippen LogP) is 4.52. The minimum atomic E-state index is -0.591. The van der Waals surface area contributed by atoms with Crippen molar-refractivity contribution in [2.24, 2.45) is 0 Å². The summed E-state index contributed by atoms with van der Waals surface area (Å²) in [5.74, 6) is -1.02. The molecule has 2 rings (SSSR count). The number of carbonyl (C=O) groups is 2. The van der Waals surface area contributed by atoms with Crippen LogP contribution in [0.5, 0.6) is 0 Å². The van der Waals surface area contributed by atoms with Gasteiger partial charge in [-0.3, -0.25) is 14.9 Å². The highest BCUT2D eigenvalue weighted by Crippen LogP contribution is 2.18. The molecule has 0 unspecified atom stereocenters. The molecule has 0 saturated heterocycles. The van der Waals surface area contributed by atoms with Crippen molar-refractivity contribution in [1.82, 2.24) is 5.32 Å². The third-order valence-corrected chi connectivity index (χ3v) is 4.50. The molecule has 0 aliphatic heterocycles. The van der Waals surface area contributed by atoms with Crippen molar-refractivity contribution in [1.29, 1.82) is 0 Å². The van der Waals surface area contributed by atoms with Crippen LogP contribution in [0, 0.1) is 10.1 Å². The minimum Gasteiger partial charge on any atom is -0.457 e. The number of benzene rings is 2. The van der Waals surface area contributed by atoms with E-state index in [0.29, 0.717) is 12.0 Å². The average Bonchev–Trinajstić information content (AvgIpc) is 2.75. The van der Waals surface area contributed by atoms with Gasteiger partial charge in [-0.1, -0.05) is 56.5 Å². The molecule has 7 heteroatoms. The summed E-state index contributed by atoms with van der Waals surface area (Å²) >= 11 is 0. The Kier molecular flexibility index (Phi) is 8.82. The van der Waals surface area contributed by atoms with Crippen LogP contribution in [0.4, 0.5) is 5.69 Å². The molecule has 0 fully saturated rings. The lowest BCUT2D eigenvalue weighted by molar-refractivity contribution is -0.385. The maximum Gasteiger partial charge on any atom is 0.338 e. The van der Waals surface area contributed by atoms with Gasteiger partial charge >= 0.3 is 5.97 Å². The lowest BCUT2D eigenvalue weighted by atomic mass is 10.1. The predicted molar refractivity (Wildman–Crippen MR) is 110 cm³/mol. The van der Waals surface area contributed by atoms with E-state index in [-0.39, 0.29) is 17.8 Å². The normalized spacial score (nSPS) is 11.5. The number of unbranched alkanes of at least 4 members (excludes halogenated alkanes) is 3. The van der Waals surface area contributed by atoms with Crippen molar-refractivity contribution >= 4 is 17.6 Å². The Balaban J connectivity index is 2.02. The largest absolute Gasteiger partial charge is 0.457 e. The summed E-state index contributed by atoms with van der Waals surface area (Å²) < 4.78 is 5.59. The van der Waals surface area contributed by atoms with Gasteiger partial charge < -0.3 is 10.1 Å². The Bertz CT molecular complexity index is 823. The Morgan fingerprint density at radius 1 is 1.03 bits per heavy atom. The standard InChI is InChI=1S/C22H26N2O5/c1-2-3-4-8-13-18(29-22(26)17-11-6-5-7-12-17)16-23-21(25)19-14-9-10-15-20(19)24(27)28/h5-7,9-12,14-15,18H,2-4,8,13,16H2,1H3,(H,23,25)/t18-/m0/s1. The van der Waals surface area contributed by atoms with E-state index in [4.69, 9.17) is 4.74 Å². The van der Waals surface area contributed by atoms with Gasteiger partial charge in [0.2, 0.25) is 0 Å². The number of esters is 1. The molecule has 0 heterocycles. The summed E-state index contributed by atoms with van der Waals surface area (Å²) in [4.78, 5) is 35.4. The van der Waals surface area contributed by atoms with Crippen LogP contribution in [0.2, 0.25) is 0 Å². The molecule has 7 nitrogen and oxygen atoms in total. The average molecular weight is 398 g/mol. The van der Waals surface area contributed by atoms with Crippen molar-refractivity contribution < 1.29 is 19.2 Å². The van der Waals surface area contributed by atoms with Crippen LogP contribution in [-0.4, -0.2) is 29.4 Å². The number of nitro benzene ring substituents is 1. The molecular formula is C22H26N2O5. The number of hydrogen-bond acceptors (Lipinski definition) is 5.